The number of nitrogens with one attached hydrogen (secondary N) is 1. The van der Waals surface area contributed by atoms with Gasteiger partial charge in [0, 0.05) is 31.1 Å². The Morgan fingerprint density at radius 3 is 2.39 bits per heavy atom. The molecule has 0 aromatic heterocycles. The van der Waals surface area contributed by atoms with E-state index in [9.17, 15) is 4.79 Å². The molecule has 1 N–H and O–H groups in total. The normalized spacial score (nSPS) is 10.7. The van der Waals surface area contributed by atoms with E-state index in [0.717, 1.165) is 25.2 Å². The molecule has 2 aromatic rings. The topological polar surface area (TPSA) is 32.3 Å². The van der Waals surface area contributed by atoms with E-state index in [1.165, 1.54) is 5.56 Å². The quantitative estimate of drug-likeness (QED) is 0.797. The van der Waals surface area contributed by atoms with Crippen molar-refractivity contribution < 1.29 is 4.79 Å². The van der Waals surface area contributed by atoms with E-state index in [4.69, 9.17) is 11.6 Å². The molecule has 23 heavy (non-hydrogen) atoms. The van der Waals surface area contributed by atoms with E-state index in [1.54, 1.807) is 0 Å². The van der Waals surface area contributed by atoms with Crippen LogP contribution in [-0.2, 0) is 17.9 Å². The van der Waals surface area contributed by atoms with E-state index in [0.29, 0.717) is 18.0 Å². The number of rotatable bonds is 8. The van der Waals surface area contributed by atoms with Crippen molar-refractivity contribution in [2.75, 3.05) is 13.1 Å². The summed E-state index contributed by atoms with van der Waals surface area (Å²) in [6.07, 6.45) is 0.508. The van der Waals surface area contributed by atoms with E-state index in [-0.39, 0.29) is 5.91 Å². The Balaban J connectivity index is 1.72. The highest BCUT2D eigenvalue weighted by atomic mass is 35.5. The summed E-state index contributed by atoms with van der Waals surface area (Å²) in [6.45, 7) is 5.23. The summed E-state index contributed by atoms with van der Waals surface area (Å²) in [5.41, 5.74) is 2.33. The molecular formula is C19H23ClN2O. The molecule has 0 radical (unpaired) electrons. The van der Waals surface area contributed by atoms with E-state index >= 15 is 0 Å². The Morgan fingerprint density at radius 1 is 1.04 bits per heavy atom. The van der Waals surface area contributed by atoms with Crippen LogP contribution in [0.25, 0.3) is 0 Å². The lowest BCUT2D eigenvalue weighted by Crippen LogP contribution is -2.30. The molecule has 0 unspecified atom stereocenters. The smallest absolute Gasteiger partial charge is 0.221 e. The number of hydrogen-bond donors (Lipinski definition) is 1. The molecule has 0 saturated heterocycles. The van der Waals surface area contributed by atoms with Crippen LogP contribution in [0.3, 0.4) is 0 Å². The van der Waals surface area contributed by atoms with Crippen LogP contribution < -0.4 is 5.32 Å². The summed E-state index contributed by atoms with van der Waals surface area (Å²) in [6, 6.07) is 17.9. The number of benzene rings is 2. The van der Waals surface area contributed by atoms with Crippen molar-refractivity contribution in [3.8, 4) is 0 Å². The first kappa shape index (κ1) is 17.5. The highest BCUT2D eigenvalue weighted by molar-refractivity contribution is 6.30. The molecule has 0 heterocycles. The van der Waals surface area contributed by atoms with Crippen molar-refractivity contribution in [2.45, 2.75) is 26.4 Å². The number of carbonyl (C=O) groups excluding carboxylic acids is 1. The summed E-state index contributed by atoms with van der Waals surface area (Å²) in [5, 5.41) is 3.66. The van der Waals surface area contributed by atoms with Crippen LogP contribution in [0, 0.1) is 0 Å². The molecule has 0 aliphatic carbocycles. The number of amides is 1. The highest BCUT2D eigenvalue weighted by Crippen LogP contribution is 2.09. The van der Waals surface area contributed by atoms with Gasteiger partial charge in [-0.3, -0.25) is 9.69 Å². The first-order valence-electron chi connectivity index (χ1n) is 7.95. The minimum absolute atomic E-state index is 0.0754. The van der Waals surface area contributed by atoms with Gasteiger partial charge in [-0.2, -0.15) is 0 Å². The van der Waals surface area contributed by atoms with Gasteiger partial charge in [-0.05, 0) is 29.8 Å². The fourth-order valence-electron chi connectivity index (χ4n) is 2.34. The minimum atomic E-state index is 0.0754. The average molecular weight is 331 g/mol. The molecule has 3 nitrogen and oxygen atoms in total. The first-order chi connectivity index (χ1) is 11.2. The Hall–Kier alpha value is -1.84. The van der Waals surface area contributed by atoms with Crippen molar-refractivity contribution in [2.24, 2.45) is 0 Å². The van der Waals surface area contributed by atoms with Crippen LogP contribution in [-0.4, -0.2) is 23.9 Å². The molecule has 0 bridgehead atoms. The van der Waals surface area contributed by atoms with Gasteiger partial charge in [-0.25, -0.2) is 0 Å². The molecule has 2 rings (SSSR count). The Bertz CT molecular complexity index is 599. The van der Waals surface area contributed by atoms with Crippen molar-refractivity contribution in [1.29, 1.82) is 0 Å². The van der Waals surface area contributed by atoms with Crippen molar-refractivity contribution in [3.05, 3.63) is 70.7 Å². The maximum Gasteiger partial charge on any atom is 0.221 e. The lowest BCUT2D eigenvalue weighted by atomic mass is 10.2. The monoisotopic (exact) mass is 330 g/mol. The predicted molar refractivity (Wildman–Crippen MR) is 95.3 cm³/mol. The van der Waals surface area contributed by atoms with E-state index < -0.39 is 0 Å². The summed E-state index contributed by atoms with van der Waals surface area (Å²) in [4.78, 5) is 14.3. The van der Waals surface area contributed by atoms with Crippen molar-refractivity contribution in [3.63, 3.8) is 0 Å². The number of nitrogens with zero attached hydrogens (tertiary/aromatic N) is 1. The van der Waals surface area contributed by atoms with E-state index in [1.807, 2.05) is 42.5 Å². The summed E-state index contributed by atoms with van der Waals surface area (Å²) >= 11 is 5.85. The molecule has 2 aromatic carbocycles. The zero-order valence-corrected chi connectivity index (χ0v) is 14.2. The van der Waals surface area contributed by atoms with Gasteiger partial charge in [-0.1, -0.05) is 61.0 Å². The number of carbonyl (C=O) groups is 1. The molecule has 0 spiro atoms. The van der Waals surface area contributed by atoms with Gasteiger partial charge in [0.15, 0.2) is 0 Å². The minimum Gasteiger partial charge on any atom is -0.352 e. The Morgan fingerprint density at radius 2 is 1.74 bits per heavy atom. The molecule has 122 valence electrons. The van der Waals surface area contributed by atoms with Gasteiger partial charge in [0.05, 0.1) is 0 Å². The maximum absolute atomic E-state index is 12.0. The first-order valence-corrected chi connectivity index (χ1v) is 8.32. The summed E-state index contributed by atoms with van der Waals surface area (Å²) in [5.74, 6) is 0.0754. The molecule has 0 aliphatic rings. The second kappa shape index (κ2) is 9.33. The SMILES string of the molecule is CCN(CCC(=O)NCc1ccc(Cl)cc1)Cc1ccccc1. The molecule has 0 aliphatic heterocycles. The molecule has 4 heteroatoms. The Labute approximate surface area is 143 Å². The molecule has 0 atom stereocenters. The van der Waals surface area contributed by atoms with Crippen LogP contribution in [0.5, 0.6) is 0 Å². The van der Waals surface area contributed by atoms with Crippen molar-refractivity contribution in [1.82, 2.24) is 10.2 Å². The van der Waals surface area contributed by atoms with Crippen LogP contribution in [0.15, 0.2) is 54.6 Å². The average Bonchev–Trinajstić information content (AvgIpc) is 2.59. The van der Waals surface area contributed by atoms with Crippen LogP contribution >= 0.6 is 11.6 Å². The number of hydrogen-bond acceptors (Lipinski definition) is 2. The molecule has 1 amide bonds. The van der Waals surface area contributed by atoms with Gasteiger partial charge in [0.1, 0.15) is 0 Å². The van der Waals surface area contributed by atoms with E-state index in [2.05, 4.69) is 29.3 Å². The van der Waals surface area contributed by atoms with Gasteiger partial charge >= 0.3 is 0 Å². The van der Waals surface area contributed by atoms with Crippen LogP contribution in [0.4, 0.5) is 0 Å². The van der Waals surface area contributed by atoms with Gasteiger partial charge < -0.3 is 5.32 Å². The highest BCUT2D eigenvalue weighted by Gasteiger charge is 2.07. The third-order valence-electron chi connectivity index (χ3n) is 3.75. The lowest BCUT2D eigenvalue weighted by Gasteiger charge is -2.20. The summed E-state index contributed by atoms with van der Waals surface area (Å²) < 4.78 is 0. The summed E-state index contributed by atoms with van der Waals surface area (Å²) in [7, 11) is 0. The van der Waals surface area contributed by atoms with Gasteiger partial charge in [0.25, 0.3) is 0 Å². The molecular weight excluding hydrogens is 308 g/mol. The van der Waals surface area contributed by atoms with Gasteiger partial charge in [0.2, 0.25) is 5.91 Å². The second-order valence-electron chi connectivity index (χ2n) is 5.51. The molecule has 0 saturated carbocycles. The van der Waals surface area contributed by atoms with Crippen LogP contribution in [0.2, 0.25) is 5.02 Å². The predicted octanol–water partition coefficient (Wildman–Crippen LogP) is 3.87. The third-order valence-corrected chi connectivity index (χ3v) is 4.01. The number of halogens is 1. The largest absolute Gasteiger partial charge is 0.352 e. The van der Waals surface area contributed by atoms with Crippen LogP contribution in [0.1, 0.15) is 24.5 Å². The second-order valence-corrected chi connectivity index (χ2v) is 5.94. The zero-order chi connectivity index (χ0) is 16.5. The fourth-order valence-corrected chi connectivity index (χ4v) is 2.47. The lowest BCUT2D eigenvalue weighted by molar-refractivity contribution is -0.121. The zero-order valence-electron chi connectivity index (χ0n) is 13.5. The molecule has 0 fully saturated rings. The fraction of sp³-hybridized carbons (Fsp3) is 0.316. The van der Waals surface area contributed by atoms with Crippen molar-refractivity contribution >= 4 is 17.5 Å². The standard InChI is InChI=1S/C19H23ClN2O/c1-2-22(15-17-6-4-3-5-7-17)13-12-19(23)21-14-16-8-10-18(20)11-9-16/h3-11H,2,12-15H2,1H3,(H,21,23). The third kappa shape index (κ3) is 6.43. The van der Waals surface area contributed by atoms with Gasteiger partial charge in [-0.15, -0.1) is 0 Å². The maximum atomic E-state index is 12.0. The Kier molecular flexibility index (Phi) is 7.11.